The van der Waals surface area contributed by atoms with E-state index in [-0.39, 0.29) is 0 Å². The van der Waals surface area contributed by atoms with Crippen molar-refractivity contribution in [1.82, 2.24) is 10.2 Å². The molecule has 15 heavy (non-hydrogen) atoms. The number of ether oxygens (including phenoxy) is 1. The minimum absolute atomic E-state index is 0.571. The second kappa shape index (κ2) is 7.20. The second-order valence-electron chi connectivity index (χ2n) is 4.76. The third kappa shape index (κ3) is 5.50. The third-order valence-corrected chi connectivity index (χ3v) is 3.06. The predicted octanol–water partition coefficient (Wildman–Crippen LogP) is 1.34. The minimum atomic E-state index is 0.571. The van der Waals surface area contributed by atoms with E-state index in [9.17, 15) is 0 Å². The molecule has 0 spiro atoms. The molecule has 1 fully saturated rings. The number of hydrogen-bond acceptors (Lipinski definition) is 3. The van der Waals surface area contributed by atoms with E-state index >= 15 is 0 Å². The summed E-state index contributed by atoms with van der Waals surface area (Å²) in [6.07, 6.45) is 4.45. The highest BCUT2D eigenvalue weighted by Crippen LogP contribution is 2.32. The van der Waals surface area contributed by atoms with Crippen molar-refractivity contribution in [2.24, 2.45) is 5.92 Å². The Bertz CT molecular complexity index is 156. The molecular weight excluding hydrogens is 188 g/mol. The molecule has 1 saturated carbocycles. The summed E-state index contributed by atoms with van der Waals surface area (Å²) in [4.78, 5) is 2.21. The van der Waals surface area contributed by atoms with Gasteiger partial charge in [0.05, 0.1) is 6.10 Å². The van der Waals surface area contributed by atoms with E-state index in [1.165, 1.54) is 19.3 Å². The number of likely N-dealkylation sites (N-methyl/N-ethyl adjacent to an activating group) is 1. The van der Waals surface area contributed by atoms with Gasteiger partial charge in [0.2, 0.25) is 0 Å². The number of rotatable bonds is 8. The van der Waals surface area contributed by atoms with Crippen molar-refractivity contribution in [2.45, 2.75) is 32.3 Å². The third-order valence-electron chi connectivity index (χ3n) is 3.06. The van der Waals surface area contributed by atoms with Crippen molar-refractivity contribution in [2.75, 3.05) is 40.3 Å². The van der Waals surface area contributed by atoms with Crippen LogP contribution in [0.15, 0.2) is 0 Å². The fourth-order valence-electron chi connectivity index (χ4n) is 2.02. The Labute approximate surface area is 94.2 Å². The number of hydrogen-bond donors (Lipinski definition) is 1. The lowest BCUT2D eigenvalue weighted by Gasteiger charge is -2.35. The lowest BCUT2D eigenvalue weighted by atomic mass is 9.80. The normalized spacial score (nSPS) is 25.6. The zero-order valence-electron chi connectivity index (χ0n) is 10.5. The van der Waals surface area contributed by atoms with Crippen LogP contribution in [0.2, 0.25) is 0 Å². The first-order valence-corrected chi connectivity index (χ1v) is 6.19. The SMILES string of the molecule is CCOC1CC(CCNCCN(C)C)C1. The van der Waals surface area contributed by atoms with Gasteiger partial charge in [-0.3, -0.25) is 0 Å². The van der Waals surface area contributed by atoms with Crippen molar-refractivity contribution in [1.29, 1.82) is 0 Å². The molecule has 1 aliphatic rings. The minimum Gasteiger partial charge on any atom is -0.378 e. The molecule has 0 unspecified atom stereocenters. The van der Waals surface area contributed by atoms with Crippen LogP contribution in [0.4, 0.5) is 0 Å². The number of nitrogens with one attached hydrogen (secondary N) is 1. The molecule has 1 N–H and O–H groups in total. The fourth-order valence-corrected chi connectivity index (χ4v) is 2.02. The standard InChI is InChI=1S/C12H26N2O/c1-4-15-12-9-11(10-12)5-6-13-7-8-14(2)3/h11-13H,4-10H2,1-3H3. The van der Waals surface area contributed by atoms with Crippen molar-refractivity contribution < 1.29 is 4.74 Å². The van der Waals surface area contributed by atoms with Gasteiger partial charge in [0.1, 0.15) is 0 Å². The van der Waals surface area contributed by atoms with Crippen LogP contribution in [0, 0.1) is 5.92 Å². The average Bonchev–Trinajstić information content (AvgIpc) is 2.12. The highest BCUT2D eigenvalue weighted by atomic mass is 16.5. The molecule has 0 amide bonds. The molecule has 90 valence electrons. The quantitative estimate of drug-likeness (QED) is 0.617. The van der Waals surface area contributed by atoms with Gasteiger partial charge in [-0.1, -0.05) is 0 Å². The maximum atomic E-state index is 5.54. The van der Waals surface area contributed by atoms with E-state index in [1.807, 2.05) is 0 Å². The van der Waals surface area contributed by atoms with Crippen LogP contribution >= 0.6 is 0 Å². The first-order chi connectivity index (χ1) is 7.22. The maximum Gasteiger partial charge on any atom is 0.0580 e. The largest absolute Gasteiger partial charge is 0.378 e. The molecule has 0 aromatic heterocycles. The molecule has 1 aliphatic carbocycles. The van der Waals surface area contributed by atoms with Crippen molar-refractivity contribution in [3.8, 4) is 0 Å². The Balaban J connectivity index is 1.82. The number of nitrogens with zero attached hydrogens (tertiary/aromatic N) is 1. The van der Waals surface area contributed by atoms with E-state index in [1.54, 1.807) is 0 Å². The maximum absolute atomic E-state index is 5.54. The molecule has 0 heterocycles. The molecule has 0 saturated heterocycles. The summed E-state index contributed by atoms with van der Waals surface area (Å²) in [6.45, 7) is 6.35. The first-order valence-electron chi connectivity index (χ1n) is 6.19. The van der Waals surface area contributed by atoms with Crippen molar-refractivity contribution in [3.63, 3.8) is 0 Å². The van der Waals surface area contributed by atoms with E-state index in [0.29, 0.717) is 6.10 Å². The molecule has 0 radical (unpaired) electrons. The van der Waals surface area contributed by atoms with E-state index in [4.69, 9.17) is 4.74 Å². The van der Waals surface area contributed by atoms with Crippen LogP contribution in [-0.4, -0.2) is 51.3 Å². The van der Waals surface area contributed by atoms with Crippen LogP contribution in [0.5, 0.6) is 0 Å². The van der Waals surface area contributed by atoms with E-state index in [2.05, 4.69) is 31.2 Å². The summed E-state index contributed by atoms with van der Waals surface area (Å²) >= 11 is 0. The van der Waals surface area contributed by atoms with Gasteiger partial charge in [-0.2, -0.15) is 0 Å². The van der Waals surface area contributed by atoms with Crippen LogP contribution in [0.3, 0.4) is 0 Å². The molecular formula is C12H26N2O. The summed E-state index contributed by atoms with van der Waals surface area (Å²) < 4.78 is 5.54. The van der Waals surface area contributed by atoms with Gasteiger partial charge < -0.3 is 15.0 Å². The zero-order chi connectivity index (χ0) is 11.1. The lowest BCUT2D eigenvalue weighted by Crippen LogP contribution is -2.34. The molecule has 0 aromatic rings. The van der Waals surface area contributed by atoms with Gasteiger partial charge >= 0.3 is 0 Å². The Morgan fingerprint density at radius 1 is 1.27 bits per heavy atom. The van der Waals surface area contributed by atoms with E-state index < -0.39 is 0 Å². The Morgan fingerprint density at radius 3 is 2.60 bits per heavy atom. The summed E-state index contributed by atoms with van der Waals surface area (Å²) in [6, 6.07) is 0. The van der Waals surface area contributed by atoms with Gasteiger partial charge in [-0.05, 0) is 52.7 Å². The monoisotopic (exact) mass is 214 g/mol. The summed E-state index contributed by atoms with van der Waals surface area (Å²) in [5, 5.41) is 3.48. The van der Waals surface area contributed by atoms with Gasteiger partial charge in [0.25, 0.3) is 0 Å². The topological polar surface area (TPSA) is 24.5 Å². The molecule has 0 aromatic carbocycles. The molecule has 0 atom stereocenters. The van der Waals surface area contributed by atoms with Crippen LogP contribution in [-0.2, 0) is 4.74 Å². The highest BCUT2D eigenvalue weighted by molar-refractivity contribution is 4.80. The van der Waals surface area contributed by atoms with Gasteiger partial charge in [-0.25, -0.2) is 0 Å². The first kappa shape index (κ1) is 12.9. The average molecular weight is 214 g/mol. The van der Waals surface area contributed by atoms with Crippen LogP contribution in [0.25, 0.3) is 0 Å². The lowest BCUT2D eigenvalue weighted by molar-refractivity contribution is -0.0263. The Morgan fingerprint density at radius 2 is 2.00 bits per heavy atom. The van der Waals surface area contributed by atoms with Gasteiger partial charge in [0, 0.05) is 19.7 Å². The summed E-state index contributed by atoms with van der Waals surface area (Å²) in [7, 11) is 4.22. The molecule has 0 bridgehead atoms. The molecule has 1 rings (SSSR count). The molecule has 3 nitrogen and oxygen atoms in total. The van der Waals surface area contributed by atoms with Crippen LogP contribution in [0.1, 0.15) is 26.2 Å². The van der Waals surface area contributed by atoms with E-state index in [0.717, 1.165) is 32.2 Å². The van der Waals surface area contributed by atoms with Crippen molar-refractivity contribution in [3.05, 3.63) is 0 Å². The van der Waals surface area contributed by atoms with Gasteiger partial charge in [0.15, 0.2) is 0 Å². The second-order valence-corrected chi connectivity index (χ2v) is 4.76. The van der Waals surface area contributed by atoms with Gasteiger partial charge in [-0.15, -0.1) is 0 Å². The highest BCUT2D eigenvalue weighted by Gasteiger charge is 2.28. The summed E-state index contributed by atoms with van der Waals surface area (Å²) in [5.41, 5.74) is 0. The van der Waals surface area contributed by atoms with Crippen LogP contribution < -0.4 is 5.32 Å². The smallest absolute Gasteiger partial charge is 0.0580 e. The predicted molar refractivity (Wildman–Crippen MR) is 64.2 cm³/mol. The summed E-state index contributed by atoms with van der Waals surface area (Å²) in [5.74, 6) is 0.911. The zero-order valence-corrected chi connectivity index (χ0v) is 10.5. The van der Waals surface area contributed by atoms with Crippen molar-refractivity contribution >= 4 is 0 Å². The Hall–Kier alpha value is -0.120. The Kier molecular flexibility index (Phi) is 6.22. The fraction of sp³-hybridized carbons (Fsp3) is 1.00. The molecule has 3 heteroatoms. The molecule has 0 aliphatic heterocycles.